The van der Waals surface area contributed by atoms with Gasteiger partial charge in [0.1, 0.15) is 0 Å². The number of aliphatic carboxylic acids is 1. The topological polar surface area (TPSA) is 184 Å². The molecule has 0 saturated carbocycles. The fourth-order valence-corrected chi connectivity index (χ4v) is 3.14. The molecule has 1 aromatic rings. The van der Waals surface area contributed by atoms with E-state index in [1.54, 1.807) is 0 Å². The Labute approximate surface area is 136 Å². The Hall–Kier alpha value is -2.22. The third kappa shape index (κ3) is 7.36. The number of carboxylic acids is 1. The molecular formula is C13H18NO9P. The van der Waals surface area contributed by atoms with Crippen LogP contribution >= 0.6 is 7.37 Å². The van der Waals surface area contributed by atoms with Crippen molar-refractivity contribution in [3.05, 3.63) is 23.8 Å². The van der Waals surface area contributed by atoms with E-state index in [0.29, 0.717) is 0 Å². The van der Waals surface area contributed by atoms with Crippen molar-refractivity contribution in [2.24, 2.45) is 5.73 Å². The van der Waals surface area contributed by atoms with Crippen molar-refractivity contribution in [1.82, 2.24) is 0 Å². The molecule has 11 heteroatoms. The van der Waals surface area contributed by atoms with Crippen molar-refractivity contribution in [2.75, 3.05) is 19.3 Å². The number of hydrogen-bond donors (Lipinski definition) is 5. The molecule has 0 spiro atoms. The van der Waals surface area contributed by atoms with Crippen LogP contribution in [0, 0.1) is 0 Å². The lowest BCUT2D eigenvalue weighted by atomic mass is 10.2. The number of aromatic hydroxyl groups is 1. The molecule has 0 radical (unpaired) electrons. The monoisotopic (exact) mass is 363 g/mol. The van der Waals surface area contributed by atoms with Gasteiger partial charge in [0.15, 0.2) is 24.0 Å². The SMILES string of the molecule is NCCCP(=O)(O)C(O)c1ccc(OCC(=O)O)c(O)c1.O=C=O. The summed E-state index contributed by atoms with van der Waals surface area (Å²) in [6.45, 7) is -0.408. The zero-order valence-corrected chi connectivity index (χ0v) is 13.4. The van der Waals surface area contributed by atoms with Crippen molar-refractivity contribution in [3.63, 3.8) is 0 Å². The summed E-state index contributed by atoms with van der Waals surface area (Å²) in [5, 5.41) is 28.1. The molecule has 0 amide bonds. The lowest BCUT2D eigenvalue weighted by molar-refractivity contribution is -0.191. The molecular weight excluding hydrogens is 345 g/mol. The molecule has 0 bridgehead atoms. The summed E-state index contributed by atoms with van der Waals surface area (Å²) in [6.07, 6.45) is 0.402. The molecule has 134 valence electrons. The third-order valence-corrected chi connectivity index (χ3v) is 4.72. The molecule has 0 aromatic heterocycles. The van der Waals surface area contributed by atoms with E-state index in [4.69, 9.17) is 25.2 Å². The van der Waals surface area contributed by atoms with Crippen LogP contribution in [0.3, 0.4) is 0 Å². The summed E-state index contributed by atoms with van der Waals surface area (Å²) in [5.41, 5.74) is 5.30. The van der Waals surface area contributed by atoms with Crippen LogP contribution in [0.5, 0.6) is 11.5 Å². The number of carboxylic acid groups (broad SMARTS) is 1. The molecule has 0 aliphatic rings. The predicted molar refractivity (Wildman–Crippen MR) is 79.6 cm³/mol. The van der Waals surface area contributed by atoms with Crippen LogP contribution in [0.15, 0.2) is 18.2 Å². The molecule has 10 nitrogen and oxygen atoms in total. The summed E-state index contributed by atoms with van der Waals surface area (Å²) in [6, 6.07) is 3.57. The van der Waals surface area contributed by atoms with Crippen LogP contribution in [0.2, 0.25) is 0 Å². The number of aliphatic hydroxyl groups is 1. The Bertz CT molecular complexity index is 628. The van der Waals surface area contributed by atoms with E-state index in [1.165, 1.54) is 12.1 Å². The number of aliphatic hydroxyl groups excluding tert-OH is 1. The van der Waals surface area contributed by atoms with E-state index in [2.05, 4.69) is 0 Å². The van der Waals surface area contributed by atoms with E-state index in [0.717, 1.165) is 6.07 Å². The highest BCUT2D eigenvalue weighted by molar-refractivity contribution is 7.58. The molecule has 0 saturated heterocycles. The highest BCUT2D eigenvalue weighted by Crippen LogP contribution is 2.54. The molecule has 24 heavy (non-hydrogen) atoms. The van der Waals surface area contributed by atoms with Gasteiger partial charge in [0.05, 0.1) is 0 Å². The Morgan fingerprint density at radius 2 is 1.96 bits per heavy atom. The molecule has 0 aliphatic carbocycles. The average molecular weight is 363 g/mol. The average Bonchev–Trinajstić information content (AvgIpc) is 2.51. The van der Waals surface area contributed by atoms with Crippen molar-refractivity contribution in [1.29, 1.82) is 0 Å². The quantitative estimate of drug-likeness (QED) is 0.390. The lowest BCUT2D eigenvalue weighted by Crippen LogP contribution is -2.10. The summed E-state index contributed by atoms with van der Waals surface area (Å²) in [4.78, 5) is 36.4. The summed E-state index contributed by atoms with van der Waals surface area (Å²) >= 11 is 0. The third-order valence-electron chi connectivity index (χ3n) is 2.70. The van der Waals surface area contributed by atoms with E-state index in [-0.39, 0.29) is 36.6 Å². The van der Waals surface area contributed by atoms with Gasteiger partial charge in [-0.1, -0.05) is 6.07 Å². The fraction of sp³-hybridized carbons (Fsp3) is 0.385. The highest BCUT2D eigenvalue weighted by Gasteiger charge is 2.30. The van der Waals surface area contributed by atoms with Gasteiger partial charge in [-0.05, 0) is 30.7 Å². The maximum atomic E-state index is 11.9. The molecule has 1 rings (SSSR count). The Kier molecular flexibility index (Phi) is 9.56. The van der Waals surface area contributed by atoms with E-state index >= 15 is 0 Å². The number of ether oxygens (including phenoxy) is 1. The summed E-state index contributed by atoms with van der Waals surface area (Å²) < 4.78 is 16.7. The van der Waals surface area contributed by atoms with Crippen molar-refractivity contribution >= 4 is 19.5 Å². The number of phenolic OH excluding ortho intramolecular Hbond substituents is 1. The van der Waals surface area contributed by atoms with Gasteiger partial charge in [0, 0.05) is 6.16 Å². The Balaban J connectivity index is 0.00000163. The second-order valence-electron chi connectivity index (χ2n) is 4.49. The maximum Gasteiger partial charge on any atom is 0.373 e. The molecule has 2 atom stereocenters. The Morgan fingerprint density at radius 1 is 1.38 bits per heavy atom. The Morgan fingerprint density at radius 3 is 2.42 bits per heavy atom. The molecule has 0 heterocycles. The summed E-state index contributed by atoms with van der Waals surface area (Å²) in [7, 11) is -3.86. The zero-order valence-electron chi connectivity index (χ0n) is 12.5. The van der Waals surface area contributed by atoms with Gasteiger partial charge in [0.25, 0.3) is 0 Å². The zero-order chi connectivity index (χ0) is 18.8. The first-order valence-corrected chi connectivity index (χ1v) is 8.47. The standard InChI is InChI=1S/C12H18NO7P.CO2/c13-4-1-5-21(18,19)12(17)8-2-3-10(9(14)6-8)20-7-11(15)16;2-1-3/h2-3,6,12,14,17H,1,4-5,7,13H2,(H,15,16)(H,18,19);. The molecule has 2 unspecified atom stereocenters. The highest BCUT2D eigenvalue weighted by atomic mass is 31.2. The first-order valence-electron chi connectivity index (χ1n) is 6.56. The fourth-order valence-electron chi connectivity index (χ4n) is 1.63. The molecule has 0 fully saturated rings. The number of rotatable bonds is 8. The molecule has 6 N–H and O–H groups in total. The number of nitrogens with two attached hydrogens (primary N) is 1. The van der Waals surface area contributed by atoms with E-state index in [9.17, 15) is 24.5 Å². The minimum Gasteiger partial charge on any atom is -0.504 e. The van der Waals surface area contributed by atoms with Crippen LogP contribution in [0.1, 0.15) is 17.8 Å². The van der Waals surface area contributed by atoms with Crippen LogP contribution in [-0.4, -0.2) is 51.6 Å². The number of phenols is 1. The van der Waals surface area contributed by atoms with Crippen molar-refractivity contribution < 1.29 is 43.9 Å². The van der Waals surface area contributed by atoms with Gasteiger partial charge >= 0.3 is 12.1 Å². The van der Waals surface area contributed by atoms with Crippen LogP contribution in [-0.2, 0) is 18.9 Å². The minimum atomic E-state index is -3.86. The van der Waals surface area contributed by atoms with Crippen molar-refractivity contribution in [2.45, 2.75) is 12.3 Å². The van der Waals surface area contributed by atoms with E-state index in [1.807, 2.05) is 0 Å². The van der Waals surface area contributed by atoms with Gasteiger partial charge in [-0.3, -0.25) is 4.57 Å². The van der Waals surface area contributed by atoms with Gasteiger partial charge in [-0.25, -0.2) is 4.79 Å². The van der Waals surface area contributed by atoms with Crippen LogP contribution in [0.4, 0.5) is 0 Å². The van der Waals surface area contributed by atoms with Crippen molar-refractivity contribution in [3.8, 4) is 11.5 Å². The summed E-state index contributed by atoms with van der Waals surface area (Å²) in [5.74, 6) is -3.38. The lowest BCUT2D eigenvalue weighted by Gasteiger charge is -2.19. The minimum absolute atomic E-state index is 0.0398. The van der Waals surface area contributed by atoms with Crippen LogP contribution < -0.4 is 10.5 Å². The first kappa shape index (κ1) is 21.8. The number of hydrogen-bond acceptors (Lipinski definition) is 8. The molecule has 0 aliphatic heterocycles. The van der Waals surface area contributed by atoms with Crippen LogP contribution in [0.25, 0.3) is 0 Å². The van der Waals surface area contributed by atoms with Gasteiger partial charge in [-0.15, -0.1) is 0 Å². The van der Waals surface area contributed by atoms with Gasteiger partial charge < -0.3 is 30.7 Å². The largest absolute Gasteiger partial charge is 0.504 e. The number of carbonyl (C=O) groups is 1. The number of carbonyl (C=O) groups excluding carboxylic acids is 2. The van der Waals surface area contributed by atoms with E-state index < -0.39 is 31.5 Å². The number of benzene rings is 1. The predicted octanol–water partition coefficient (Wildman–Crippen LogP) is -0.118. The normalized spacial score (nSPS) is 13.6. The van der Waals surface area contributed by atoms with Gasteiger partial charge in [-0.2, -0.15) is 9.59 Å². The second-order valence-corrected chi connectivity index (χ2v) is 6.94. The second kappa shape index (κ2) is 10.5. The molecule has 1 aromatic carbocycles. The maximum absolute atomic E-state index is 11.9. The van der Waals surface area contributed by atoms with Gasteiger partial charge in [0.2, 0.25) is 7.37 Å². The first-order chi connectivity index (χ1) is 11.2. The smallest absolute Gasteiger partial charge is 0.373 e.